The van der Waals surface area contributed by atoms with Gasteiger partial charge in [0, 0.05) is 31.3 Å². The van der Waals surface area contributed by atoms with Crippen LogP contribution in [-0.4, -0.2) is 45.0 Å². The van der Waals surface area contributed by atoms with E-state index < -0.39 is 0 Å². The number of amides is 1. The van der Waals surface area contributed by atoms with Gasteiger partial charge in [-0.1, -0.05) is 12.1 Å². The molecule has 0 aliphatic carbocycles. The Balaban J connectivity index is 1.67. The Kier molecular flexibility index (Phi) is 5.23. The van der Waals surface area contributed by atoms with Crippen LogP contribution in [0, 0.1) is 6.92 Å². The van der Waals surface area contributed by atoms with Gasteiger partial charge >= 0.3 is 0 Å². The molecule has 0 saturated carbocycles. The average molecular weight is 345 g/mol. The minimum absolute atomic E-state index is 0.0717. The molecule has 1 amide bonds. The minimum atomic E-state index is -0.0717. The summed E-state index contributed by atoms with van der Waals surface area (Å²) in [7, 11) is 0. The van der Waals surface area contributed by atoms with Crippen LogP contribution in [0.3, 0.4) is 0 Å². The number of carbonyl (C=O) groups is 1. The first-order chi connectivity index (χ1) is 11.6. The number of piperidine rings is 1. The molecule has 24 heavy (non-hydrogen) atoms. The Bertz CT molecular complexity index is 794. The van der Waals surface area contributed by atoms with Crippen molar-refractivity contribution in [2.45, 2.75) is 38.0 Å². The topological polar surface area (TPSA) is 55.2 Å². The van der Waals surface area contributed by atoms with Gasteiger partial charge in [0.05, 0.1) is 17.2 Å². The maximum atomic E-state index is 12.5. The number of nitrogens with zero attached hydrogens (tertiary/aromatic N) is 3. The zero-order valence-corrected chi connectivity index (χ0v) is 15.0. The molecule has 2 heterocycles. The zero-order valence-electron chi connectivity index (χ0n) is 14.2. The number of fused-ring (bicyclic) bond motifs is 1. The zero-order chi connectivity index (χ0) is 17.1. The highest BCUT2D eigenvalue weighted by Crippen LogP contribution is 2.21. The van der Waals surface area contributed by atoms with E-state index >= 15 is 0 Å². The third-order valence-electron chi connectivity index (χ3n) is 4.75. The van der Waals surface area contributed by atoms with Crippen LogP contribution in [0.15, 0.2) is 29.3 Å². The quantitative estimate of drug-likeness (QED) is 0.854. The summed E-state index contributed by atoms with van der Waals surface area (Å²) in [6.45, 7) is 3.99. The third kappa shape index (κ3) is 3.48. The molecule has 0 spiro atoms. The van der Waals surface area contributed by atoms with Gasteiger partial charge in [0.15, 0.2) is 0 Å². The van der Waals surface area contributed by atoms with Gasteiger partial charge in [0.25, 0.3) is 5.56 Å². The van der Waals surface area contributed by atoms with Gasteiger partial charge in [-0.25, -0.2) is 4.98 Å². The first-order valence-corrected chi connectivity index (χ1v) is 9.64. The van der Waals surface area contributed by atoms with E-state index in [1.807, 2.05) is 35.7 Å². The van der Waals surface area contributed by atoms with Crippen LogP contribution in [0.2, 0.25) is 0 Å². The number of thioether (sulfide) groups is 1. The van der Waals surface area contributed by atoms with E-state index in [0.717, 1.165) is 37.0 Å². The van der Waals surface area contributed by atoms with Crippen molar-refractivity contribution in [3.05, 3.63) is 40.4 Å². The van der Waals surface area contributed by atoms with Crippen LogP contribution in [0.4, 0.5) is 0 Å². The Morgan fingerprint density at radius 3 is 2.79 bits per heavy atom. The van der Waals surface area contributed by atoms with E-state index in [4.69, 9.17) is 0 Å². The van der Waals surface area contributed by atoms with Gasteiger partial charge in [-0.15, -0.1) is 0 Å². The van der Waals surface area contributed by atoms with Gasteiger partial charge in [-0.05, 0) is 37.7 Å². The fourth-order valence-corrected chi connectivity index (χ4v) is 3.89. The molecular formula is C18H23N3O2S. The number of para-hydroxylation sites is 1. The van der Waals surface area contributed by atoms with Gasteiger partial charge in [-0.3, -0.25) is 14.2 Å². The van der Waals surface area contributed by atoms with Crippen molar-refractivity contribution < 1.29 is 4.79 Å². The van der Waals surface area contributed by atoms with E-state index in [2.05, 4.69) is 11.2 Å². The van der Waals surface area contributed by atoms with Gasteiger partial charge in [0.1, 0.15) is 0 Å². The van der Waals surface area contributed by atoms with Gasteiger partial charge < -0.3 is 4.90 Å². The van der Waals surface area contributed by atoms with Crippen molar-refractivity contribution in [1.29, 1.82) is 0 Å². The Morgan fingerprint density at radius 2 is 2.08 bits per heavy atom. The number of rotatable bonds is 4. The second-order valence-corrected chi connectivity index (χ2v) is 7.42. The van der Waals surface area contributed by atoms with Crippen molar-refractivity contribution in [2.75, 3.05) is 19.3 Å². The van der Waals surface area contributed by atoms with E-state index in [-0.39, 0.29) is 11.5 Å². The van der Waals surface area contributed by atoms with Crippen LogP contribution in [0.1, 0.15) is 24.8 Å². The highest BCUT2D eigenvalue weighted by atomic mass is 32.2. The molecule has 0 radical (unpaired) electrons. The molecule has 5 nitrogen and oxygen atoms in total. The predicted molar refractivity (Wildman–Crippen MR) is 98.5 cm³/mol. The predicted octanol–water partition coefficient (Wildman–Crippen LogP) is 2.45. The van der Waals surface area contributed by atoms with Crippen LogP contribution in [0.5, 0.6) is 0 Å². The Morgan fingerprint density at radius 1 is 1.33 bits per heavy atom. The molecule has 0 bridgehead atoms. The van der Waals surface area contributed by atoms with E-state index in [0.29, 0.717) is 23.6 Å². The number of aromatic nitrogens is 2. The molecule has 6 heteroatoms. The van der Waals surface area contributed by atoms with Gasteiger partial charge in [0.2, 0.25) is 5.91 Å². The monoisotopic (exact) mass is 345 g/mol. The number of aryl methyl sites for hydroxylation is 2. The molecule has 1 aromatic carbocycles. The van der Waals surface area contributed by atoms with Crippen molar-refractivity contribution in [2.24, 2.45) is 0 Å². The first-order valence-electron chi connectivity index (χ1n) is 8.35. The number of likely N-dealkylation sites (tertiary alicyclic amines) is 1. The Hall–Kier alpha value is -1.82. The van der Waals surface area contributed by atoms with E-state index in [1.54, 1.807) is 17.0 Å². The summed E-state index contributed by atoms with van der Waals surface area (Å²) in [5, 5.41) is 1.29. The smallest absolute Gasteiger partial charge is 0.261 e. The second kappa shape index (κ2) is 7.38. The summed E-state index contributed by atoms with van der Waals surface area (Å²) in [5.74, 6) is 0.130. The highest BCUT2D eigenvalue weighted by molar-refractivity contribution is 7.99. The van der Waals surface area contributed by atoms with Crippen LogP contribution < -0.4 is 5.56 Å². The van der Waals surface area contributed by atoms with Crippen molar-refractivity contribution in [3.63, 3.8) is 0 Å². The number of benzene rings is 1. The lowest BCUT2D eigenvalue weighted by molar-refractivity contribution is -0.132. The minimum Gasteiger partial charge on any atom is -0.343 e. The van der Waals surface area contributed by atoms with E-state index in [9.17, 15) is 9.59 Å². The molecular weight excluding hydrogens is 322 g/mol. The molecule has 0 unspecified atom stereocenters. The number of hydrogen-bond donors (Lipinski definition) is 0. The molecule has 2 aromatic rings. The molecule has 128 valence electrons. The molecule has 0 N–H and O–H groups in total. The summed E-state index contributed by atoms with van der Waals surface area (Å²) in [5.41, 5.74) is 1.66. The van der Waals surface area contributed by atoms with Crippen LogP contribution in [0.25, 0.3) is 10.9 Å². The molecule has 1 aliphatic heterocycles. The summed E-state index contributed by atoms with van der Waals surface area (Å²) in [4.78, 5) is 31.2. The number of hydrogen-bond acceptors (Lipinski definition) is 4. The van der Waals surface area contributed by atoms with Crippen molar-refractivity contribution in [3.8, 4) is 0 Å². The largest absolute Gasteiger partial charge is 0.343 e. The molecule has 0 atom stereocenters. The molecule has 1 saturated heterocycles. The van der Waals surface area contributed by atoms with Crippen molar-refractivity contribution in [1.82, 2.24) is 14.5 Å². The van der Waals surface area contributed by atoms with Gasteiger partial charge in [-0.2, -0.15) is 11.8 Å². The van der Waals surface area contributed by atoms with Crippen LogP contribution in [-0.2, 0) is 11.3 Å². The van der Waals surface area contributed by atoms with Crippen molar-refractivity contribution >= 4 is 28.6 Å². The Labute approximate surface area is 146 Å². The normalized spacial score (nSPS) is 15.8. The maximum Gasteiger partial charge on any atom is 0.261 e. The first kappa shape index (κ1) is 17.0. The highest BCUT2D eigenvalue weighted by Gasteiger charge is 2.22. The second-order valence-electron chi connectivity index (χ2n) is 6.28. The lowest BCUT2D eigenvalue weighted by atomic mass is 10.1. The standard InChI is InChI=1S/C18H23N3O2S/c1-13-4-3-5-15-17(13)19-12-21(18(15)23)11-8-16(22)20-9-6-14(24-2)7-10-20/h3-5,12,14H,6-11H2,1-2H3. The summed E-state index contributed by atoms with van der Waals surface area (Å²) in [6.07, 6.45) is 6.16. The summed E-state index contributed by atoms with van der Waals surface area (Å²) in [6, 6.07) is 5.61. The lowest BCUT2D eigenvalue weighted by Gasteiger charge is -2.31. The van der Waals surface area contributed by atoms with Crippen LogP contribution >= 0.6 is 11.8 Å². The summed E-state index contributed by atoms with van der Waals surface area (Å²) >= 11 is 1.88. The fraction of sp³-hybridized carbons (Fsp3) is 0.500. The maximum absolute atomic E-state index is 12.5. The van der Waals surface area contributed by atoms with E-state index in [1.165, 1.54) is 0 Å². The summed E-state index contributed by atoms with van der Waals surface area (Å²) < 4.78 is 1.55. The SMILES string of the molecule is CSC1CCN(C(=O)CCn2cnc3c(C)cccc3c2=O)CC1. The molecule has 3 rings (SSSR count). The lowest BCUT2D eigenvalue weighted by Crippen LogP contribution is -2.39. The molecule has 1 aromatic heterocycles. The third-order valence-corrected chi connectivity index (χ3v) is 5.89. The fourth-order valence-electron chi connectivity index (χ4n) is 3.21. The average Bonchev–Trinajstić information content (AvgIpc) is 2.61. The molecule has 1 fully saturated rings. The molecule has 1 aliphatic rings. The number of carbonyl (C=O) groups excluding carboxylic acids is 1.